The number of aryl methyl sites for hydroxylation is 2. The van der Waals surface area contributed by atoms with Gasteiger partial charge in [0, 0.05) is 0 Å². The predicted molar refractivity (Wildman–Crippen MR) is 100 cm³/mol. The highest BCUT2D eigenvalue weighted by atomic mass is 32.2. The maximum absolute atomic E-state index is 2.29. The van der Waals surface area contributed by atoms with E-state index in [2.05, 4.69) is 98.4 Å². The molecule has 1 heterocycles. The Morgan fingerprint density at radius 3 is 1.35 bits per heavy atom. The van der Waals surface area contributed by atoms with Gasteiger partial charge in [0.2, 0.25) is 0 Å². The monoisotopic (exact) mass is 316 g/mol. The summed E-state index contributed by atoms with van der Waals surface area (Å²) < 4.78 is 0. The molecule has 0 fully saturated rings. The van der Waals surface area contributed by atoms with Gasteiger partial charge >= 0.3 is 0 Å². The van der Waals surface area contributed by atoms with Crippen LogP contribution >= 0.6 is 11.8 Å². The lowest BCUT2D eigenvalue weighted by Crippen LogP contribution is -1.93. The molecule has 0 bridgehead atoms. The molecular weight excluding hydrogens is 296 g/mol. The first-order valence-electron chi connectivity index (χ1n) is 8.10. The molecule has 3 aromatic rings. The average Bonchev–Trinajstić information content (AvgIpc) is 2.96. The van der Waals surface area contributed by atoms with Gasteiger partial charge in [-0.05, 0) is 36.1 Å². The van der Waals surface area contributed by atoms with Gasteiger partial charge in [-0.1, -0.05) is 83.9 Å². The Labute approximate surface area is 142 Å². The fourth-order valence-corrected chi connectivity index (χ4v) is 4.89. The first-order chi connectivity index (χ1) is 11.2. The minimum Gasteiger partial charge on any atom is -0.136 e. The molecule has 0 nitrogen and oxygen atoms in total. The summed E-state index contributed by atoms with van der Waals surface area (Å²) in [5.41, 5.74) is 8.38. The minimum atomic E-state index is 0.429. The van der Waals surface area contributed by atoms with Crippen LogP contribution in [0.5, 0.6) is 0 Å². The summed E-state index contributed by atoms with van der Waals surface area (Å²) in [5.74, 6) is 0. The topological polar surface area (TPSA) is 0 Å². The summed E-state index contributed by atoms with van der Waals surface area (Å²) in [5, 5.41) is 0.858. The van der Waals surface area contributed by atoms with Gasteiger partial charge in [0.15, 0.2) is 0 Å². The first-order valence-corrected chi connectivity index (χ1v) is 9.04. The second kappa shape index (κ2) is 5.90. The highest BCUT2D eigenvalue weighted by molar-refractivity contribution is 8.00. The third-order valence-corrected chi connectivity index (χ3v) is 6.19. The molecule has 3 aromatic carbocycles. The van der Waals surface area contributed by atoms with E-state index in [0.29, 0.717) is 10.5 Å². The molecule has 1 aliphatic rings. The molecule has 2 unspecified atom stereocenters. The molecule has 0 saturated heterocycles. The van der Waals surface area contributed by atoms with E-state index >= 15 is 0 Å². The van der Waals surface area contributed by atoms with Crippen molar-refractivity contribution in [3.05, 3.63) is 106 Å². The van der Waals surface area contributed by atoms with Crippen molar-refractivity contribution < 1.29 is 0 Å². The Morgan fingerprint density at radius 1 is 0.565 bits per heavy atom. The standard InChI is InChI=1S/C22H20S/c1-15-7-11-17(12-8-15)21-19-5-3-4-6-20(19)22(23-21)18-13-9-16(2)10-14-18/h3-14,21-22H,1-2H3. The van der Waals surface area contributed by atoms with Gasteiger partial charge in [0.1, 0.15) is 0 Å². The molecule has 114 valence electrons. The summed E-state index contributed by atoms with van der Waals surface area (Å²) in [6.07, 6.45) is 0. The zero-order chi connectivity index (χ0) is 15.8. The van der Waals surface area contributed by atoms with Crippen molar-refractivity contribution in [1.29, 1.82) is 0 Å². The summed E-state index contributed by atoms with van der Waals surface area (Å²) in [6, 6.07) is 26.9. The molecule has 1 heteroatoms. The summed E-state index contributed by atoms with van der Waals surface area (Å²) in [6.45, 7) is 4.29. The van der Waals surface area contributed by atoms with Crippen LogP contribution in [0.3, 0.4) is 0 Å². The molecule has 0 N–H and O–H groups in total. The Kier molecular flexibility index (Phi) is 3.74. The van der Waals surface area contributed by atoms with Gasteiger partial charge in [-0.2, -0.15) is 0 Å². The maximum Gasteiger partial charge on any atom is 0.0559 e. The van der Waals surface area contributed by atoms with E-state index in [-0.39, 0.29) is 0 Å². The molecule has 23 heavy (non-hydrogen) atoms. The van der Waals surface area contributed by atoms with Crippen molar-refractivity contribution in [3.63, 3.8) is 0 Å². The van der Waals surface area contributed by atoms with Crippen molar-refractivity contribution in [2.75, 3.05) is 0 Å². The number of fused-ring (bicyclic) bond motifs is 1. The summed E-state index contributed by atoms with van der Waals surface area (Å²) in [4.78, 5) is 0. The van der Waals surface area contributed by atoms with Gasteiger partial charge < -0.3 is 0 Å². The third-order valence-electron chi connectivity index (χ3n) is 4.59. The molecule has 0 radical (unpaired) electrons. The van der Waals surface area contributed by atoms with Crippen LogP contribution in [-0.2, 0) is 0 Å². The molecule has 0 saturated carbocycles. The SMILES string of the molecule is Cc1ccc(C2SC(c3ccc(C)cc3)c3ccccc32)cc1. The van der Waals surface area contributed by atoms with Crippen LogP contribution in [0.4, 0.5) is 0 Å². The summed E-state index contributed by atoms with van der Waals surface area (Å²) in [7, 11) is 0. The van der Waals surface area contributed by atoms with Crippen LogP contribution in [0, 0.1) is 13.8 Å². The van der Waals surface area contributed by atoms with Crippen molar-refractivity contribution in [3.8, 4) is 0 Å². The zero-order valence-electron chi connectivity index (χ0n) is 13.5. The van der Waals surface area contributed by atoms with Crippen LogP contribution in [0.15, 0.2) is 72.8 Å². The fourth-order valence-electron chi connectivity index (χ4n) is 3.27. The molecule has 4 rings (SSSR count). The van der Waals surface area contributed by atoms with Crippen LogP contribution < -0.4 is 0 Å². The molecule has 0 aromatic heterocycles. The van der Waals surface area contributed by atoms with Crippen molar-refractivity contribution in [1.82, 2.24) is 0 Å². The number of hydrogen-bond acceptors (Lipinski definition) is 1. The van der Waals surface area contributed by atoms with Crippen LogP contribution in [-0.4, -0.2) is 0 Å². The van der Waals surface area contributed by atoms with Gasteiger partial charge in [-0.3, -0.25) is 0 Å². The smallest absolute Gasteiger partial charge is 0.0559 e. The van der Waals surface area contributed by atoms with Gasteiger partial charge in [-0.15, -0.1) is 11.8 Å². The average molecular weight is 316 g/mol. The number of rotatable bonds is 2. The number of benzene rings is 3. The number of thioether (sulfide) groups is 1. The normalized spacial score (nSPS) is 19.6. The number of hydrogen-bond donors (Lipinski definition) is 0. The predicted octanol–water partition coefficient (Wildman–Crippen LogP) is 6.23. The largest absolute Gasteiger partial charge is 0.136 e. The molecule has 1 aliphatic heterocycles. The van der Waals surface area contributed by atoms with Gasteiger partial charge in [0.05, 0.1) is 10.5 Å². The van der Waals surface area contributed by atoms with E-state index in [9.17, 15) is 0 Å². The van der Waals surface area contributed by atoms with Crippen molar-refractivity contribution in [2.45, 2.75) is 24.3 Å². The van der Waals surface area contributed by atoms with E-state index in [4.69, 9.17) is 0 Å². The molecule has 0 amide bonds. The Balaban J connectivity index is 1.77. The van der Waals surface area contributed by atoms with Crippen LogP contribution in [0.1, 0.15) is 43.9 Å². The van der Waals surface area contributed by atoms with E-state index < -0.39 is 0 Å². The molecule has 0 spiro atoms. The van der Waals surface area contributed by atoms with Crippen LogP contribution in [0.2, 0.25) is 0 Å². The molecule has 2 atom stereocenters. The molecular formula is C22H20S. The second-order valence-corrected chi connectivity index (χ2v) is 7.56. The van der Waals surface area contributed by atoms with Gasteiger partial charge in [-0.25, -0.2) is 0 Å². The van der Waals surface area contributed by atoms with E-state index in [1.165, 1.54) is 33.4 Å². The quantitative estimate of drug-likeness (QED) is 0.540. The second-order valence-electron chi connectivity index (χ2n) is 6.35. The highest BCUT2D eigenvalue weighted by Gasteiger charge is 2.33. The Morgan fingerprint density at radius 2 is 0.957 bits per heavy atom. The Hall–Kier alpha value is -1.99. The third kappa shape index (κ3) is 2.70. The maximum atomic E-state index is 2.29. The Bertz CT molecular complexity index is 745. The lowest BCUT2D eigenvalue weighted by Gasteiger charge is -2.14. The minimum absolute atomic E-state index is 0.429. The van der Waals surface area contributed by atoms with Crippen molar-refractivity contribution >= 4 is 11.8 Å². The zero-order valence-corrected chi connectivity index (χ0v) is 14.3. The highest BCUT2D eigenvalue weighted by Crippen LogP contribution is 2.55. The fraction of sp³-hybridized carbons (Fsp3) is 0.182. The first kappa shape index (κ1) is 14.6. The van der Waals surface area contributed by atoms with E-state index in [0.717, 1.165) is 0 Å². The van der Waals surface area contributed by atoms with E-state index in [1.54, 1.807) is 0 Å². The molecule has 0 aliphatic carbocycles. The lowest BCUT2D eigenvalue weighted by molar-refractivity contribution is 1.13. The van der Waals surface area contributed by atoms with Gasteiger partial charge in [0.25, 0.3) is 0 Å². The van der Waals surface area contributed by atoms with E-state index in [1.807, 2.05) is 0 Å². The lowest BCUT2D eigenvalue weighted by atomic mass is 9.95. The van der Waals surface area contributed by atoms with Crippen LogP contribution in [0.25, 0.3) is 0 Å². The van der Waals surface area contributed by atoms with Crippen molar-refractivity contribution in [2.24, 2.45) is 0 Å². The summed E-state index contributed by atoms with van der Waals surface area (Å²) >= 11 is 2.06.